The Labute approximate surface area is 306 Å². The number of hydrogen-bond acceptors (Lipinski definition) is 2. The maximum Gasteiger partial charge on any atom is 0.151 e. The van der Waals surface area contributed by atoms with Crippen LogP contribution in [0.2, 0.25) is 0 Å². The number of nitrogens with one attached hydrogen (secondary N) is 1. The summed E-state index contributed by atoms with van der Waals surface area (Å²) < 4.78 is -1.21. The summed E-state index contributed by atoms with van der Waals surface area (Å²) in [5.41, 5.74) is 14.7. The van der Waals surface area contributed by atoms with E-state index in [0.717, 1.165) is 89.1 Å². The predicted molar refractivity (Wildman–Crippen MR) is 219 cm³/mol. The van der Waals surface area contributed by atoms with Crippen LogP contribution in [0.4, 0.5) is 34.1 Å². The van der Waals surface area contributed by atoms with Crippen LogP contribution in [-0.4, -0.2) is 4.98 Å². The fourth-order valence-corrected chi connectivity index (χ4v) is 8.70. The van der Waals surface area contributed by atoms with Gasteiger partial charge < -0.3 is 15.4 Å². The standard InChI is InChI=1S/C48H31N3O2/c52-50(45-13-5-1-9-37(45)38-10-2-6-14-46(38)50)35-23-17-31(18-24-35)33-21-27-43-41(29-33)42-30-34(22-28-44(42)49-43)32-19-25-36(26-20-32)51(53)47-15-7-3-11-39(47)40-12-4-8-16-48(40)51/h1-30,49H. The summed E-state index contributed by atoms with van der Waals surface area (Å²) in [5, 5.41) is 31.8. The highest BCUT2D eigenvalue weighted by molar-refractivity contribution is 6.10. The number of H-pyrrole nitrogens is 1. The normalized spacial score (nSPS) is 14.5. The first-order chi connectivity index (χ1) is 26.0. The van der Waals surface area contributed by atoms with Crippen LogP contribution in [0.1, 0.15) is 0 Å². The van der Waals surface area contributed by atoms with Crippen molar-refractivity contribution in [2.75, 3.05) is 0 Å². The molecule has 0 fully saturated rings. The lowest BCUT2D eigenvalue weighted by Crippen LogP contribution is -2.29. The van der Waals surface area contributed by atoms with E-state index >= 15 is 0 Å². The molecule has 1 aromatic heterocycles. The van der Waals surface area contributed by atoms with Crippen molar-refractivity contribution in [3.8, 4) is 44.5 Å². The van der Waals surface area contributed by atoms with Gasteiger partial charge in [-0.25, -0.2) is 0 Å². The van der Waals surface area contributed by atoms with E-state index in [1.165, 1.54) is 0 Å². The molecule has 0 aliphatic carbocycles. The molecule has 8 aromatic carbocycles. The van der Waals surface area contributed by atoms with E-state index in [4.69, 9.17) is 0 Å². The van der Waals surface area contributed by atoms with Gasteiger partial charge in [-0.05, 0) is 95.1 Å². The Morgan fingerprint density at radius 1 is 0.321 bits per heavy atom. The van der Waals surface area contributed by atoms with Crippen molar-refractivity contribution in [3.63, 3.8) is 0 Å². The molecule has 0 radical (unpaired) electrons. The minimum atomic E-state index is -0.604. The Kier molecular flexibility index (Phi) is 6.21. The van der Waals surface area contributed by atoms with Crippen molar-refractivity contribution in [2.45, 2.75) is 0 Å². The lowest BCUT2D eigenvalue weighted by Gasteiger charge is -2.38. The van der Waals surface area contributed by atoms with E-state index in [1.54, 1.807) is 0 Å². The Bertz CT molecular complexity index is 2640. The van der Waals surface area contributed by atoms with E-state index in [9.17, 15) is 10.4 Å². The number of aromatic nitrogens is 1. The third-order valence-electron chi connectivity index (χ3n) is 11.3. The third kappa shape index (κ3) is 4.16. The minimum absolute atomic E-state index is 0.604. The minimum Gasteiger partial charge on any atom is -0.616 e. The van der Waals surface area contributed by atoms with E-state index in [-0.39, 0.29) is 0 Å². The van der Waals surface area contributed by atoms with Crippen molar-refractivity contribution in [3.05, 3.63) is 192 Å². The first-order valence-corrected chi connectivity index (χ1v) is 17.9. The highest BCUT2D eigenvalue weighted by atomic mass is 16.6. The van der Waals surface area contributed by atoms with Gasteiger partial charge in [-0.1, -0.05) is 60.7 Å². The molecule has 0 saturated heterocycles. The number of para-hydroxylation sites is 4. The molecule has 0 bridgehead atoms. The van der Waals surface area contributed by atoms with Gasteiger partial charge in [-0.2, -0.15) is 0 Å². The van der Waals surface area contributed by atoms with Gasteiger partial charge in [0.2, 0.25) is 0 Å². The molecule has 2 aliphatic heterocycles. The molecule has 250 valence electrons. The zero-order valence-electron chi connectivity index (χ0n) is 28.5. The van der Waals surface area contributed by atoms with Gasteiger partial charge in [0.15, 0.2) is 22.7 Å². The number of hydrogen-bond donors (Lipinski definition) is 1. The van der Waals surface area contributed by atoms with Crippen LogP contribution in [0.5, 0.6) is 0 Å². The summed E-state index contributed by atoms with van der Waals surface area (Å²) in [6.45, 7) is 0. The molecule has 3 heterocycles. The van der Waals surface area contributed by atoms with Crippen LogP contribution >= 0.6 is 0 Å². The number of fused-ring (bicyclic) bond motifs is 9. The Balaban J connectivity index is 0.941. The van der Waals surface area contributed by atoms with Crippen molar-refractivity contribution < 1.29 is 0 Å². The van der Waals surface area contributed by atoms with Crippen molar-refractivity contribution in [1.29, 1.82) is 0 Å². The van der Waals surface area contributed by atoms with Crippen LogP contribution in [0.15, 0.2) is 182 Å². The van der Waals surface area contributed by atoms with Gasteiger partial charge in [-0.3, -0.25) is 9.29 Å². The highest BCUT2D eigenvalue weighted by Crippen LogP contribution is 2.58. The topological polar surface area (TPSA) is 61.9 Å². The van der Waals surface area contributed by atoms with Crippen LogP contribution in [0.25, 0.3) is 66.3 Å². The van der Waals surface area contributed by atoms with E-state index in [0.29, 0.717) is 11.4 Å². The van der Waals surface area contributed by atoms with E-state index < -0.39 is 9.29 Å². The molecule has 0 spiro atoms. The number of quaternary nitrogens is 2. The van der Waals surface area contributed by atoms with Gasteiger partial charge in [0, 0.05) is 92.6 Å². The second-order valence-electron chi connectivity index (χ2n) is 14.0. The monoisotopic (exact) mass is 681 g/mol. The molecular weight excluding hydrogens is 651 g/mol. The molecule has 11 rings (SSSR count). The smallest absolute Gasteiger partial charge is 0.151 e. The van der Waals surface area contributed by atoms with E-state index in [2.05, 4.69) is 65.6 Å². The molecule has 0 atom stereocenters. The molecule has 5 heteroatoms. The average Bonchev–Trinajstić information content (AvgIpc) is 3.82. The molecule has 0 unspecified atom stereocenters. The van der Waals surface area contributed by atoms with E-state index in [1.807, 2.05) is 121 Å². The predicted octanol–water partition coefficient (Wildman–Crippen LogP) is 13.6. The Morgan fingerprint density at radius 3 is 0.962 bits per heavy atom. The van der Waals surface area contributed by atoms with Crippen LogP contribution < -0.4 is 9.29 Å². The number of rotatable bonds is 4. The summed E-state index contributed by atoms with van der Waals surface area (Å²) in [4.78, 5) is 3.59. The van der Waals surface area contributed by atoms with Crippen LogP contribution in [-0.2, 0) is 0 Å². The second-order valence-corrected chi connectivity index (χ2v) is 14.0. The molecule has 53 heavy (non-hydrogen) atoms. The fraction of sp³-hybridized carbons (Fsp3) is 0. The van der Waals surface area contributed by atoms with Gasteiger partial charge in [0.1, 0.15) is 11.4 Å². The zero-order chi connectivity index (χ0) is 35.3. The van der Waals surface area contributed by atoms with Gasteiger partial charge in [0.05, 0.1) is 0 Å². The average molecular weight is 682 g/mol. The maximum atomic E-state index is 14.7. The van der Waals surface area contributed by atoms with Gasteiger partial charge in [0.25, 0.3) is 0 Å². The first-order valence-electron chi connectivity index (χ1n) is 17.9. The molecule has 0 amide bonds. The Morgan fingerprint density at radius 2 is 0.623 bits per heavy atom. The molecule has 1 N–H and O–H groups in total. The third-order valence-corrected chi connectivity index (χ3v) is 11.3. The summed E-state index contributed by atoms with van der Waals surface area (Å²) >= 11 is 0. The lowest BCUT2D eigenvalue weighted by atomic mass is 9.99. The quantitative estimate of drug-likeness (QED) is 0.148. The lowest BCUT2D eigenvalue weighted by molar-refractivity contribution is 0.710. The van der Waals surface area contributed by atoms with Crippen molar-refractivity contribution in [1.82, 2.24) is 14.3 Å². The fourth-order valence-electron chi connectivity index (χ4n) is 8.70. The number of nitrogens with zero attached hydrogens (tertiary/aromatic N) is 2. The first kappa shape index (κ1) is 30.1. The molecule has 2 aliphatic rings. The number of aromatic amines is 1. The second kappa shape index (κ2) is 11.0. The molecular formula is C48H31N3O2. The summed E-state index contributed by atoms with van der Waals surface area (Å²) in [5.74, 6) is 0. The zero-order valence-corrected chi connectivity index (χ0v) is 28.5. The molecule has 0 saturated carbocycles. The largest absolute Gasteiger partial charge is 0.616 e. The highest BCUT2D eigenvalue weighted by Gasteiger charge is 2.40. The SMILES string of the molecule is [O-][N+]1(c2ccc(-c3ccc4[nH]c5ccc(-c6ccc([N+]7([O-])c8ccccc8-c8ccccc87)cc6)cc5c4c3)cc2)c2ccccc2-c2ccccc21. The van der Waals surface area contributed by atoms with Crippen molar-refractivity contribution >= 4 is 55.9 Å². The summed E-state index contributed by atoms with van der Waals surface area (Å²) in [7, 11) is 0. The molecule has 9 aromatic rings. The van der Waals surface area contributed by atoms with Gasteiger partial charge in [-0.15, -0.1) is 0 Å². The number of benzene rings is 8. The molecule has 5 nitrogen and oxygen atoms in total. The van der Waals surface area contributed by atoms with Gasteiger partial charge >= 0.3 is 0 Å². The van der Waals surface area contributed by atoms with Crippen LogP contribution in [0, 0.1) is 10.4 Å². The van der Waals surface area contributed by atoms with Crippen molar-refractivity contribution in [2.24, 2.45) is 0 Å². The maximum absolute atomic E-state index is 14.7. The summed E-state index contributed by atoms with van der Waals surface area (Å²) in [6.07, 6.45) is 0. The summed E-state index contributed by atoms with van der Waals surface area (Å²) in [6, 6.07) is 60.7. The van der Waals surface area contributed by atoms with Crippen LogP contribution in [0.3, 0.4) is 0 Å². The Hall–Kier alpha value is -6.60.